The number of para-hydroxylation sites is 1. The molecule has 2 heterocycles. The van der Waals surface area contributed by atoms with Crippen LogP contribution in [0.1, 0.15) is 33.6 Å². The summed E-state index contributed by atoms with van der Waals surface area (Å²) in [6.45, 7) is 3.83. The number of nitrogens with one attached hydrogen (secondary N) is 1. The van der Waals surface area contributed by atoms with Gasteiger partial charge in [-0.2, -0.15) is 5.09 Å². The number of hydrogen-bond acceptors (Lipinski definition) is 9. The van der Waals surface area contributed by atoms with Crippen LogP contribution >= 0.6 is 7.75 Å². The average molecular weight is 528 g/mol. The Morgan fingerprint density at radius 1 is 1.36 bits per heavy atom. The minimum atomic E-state index is -4.28. The Labute approximate surface area is 208 Å². The third-order valence-electron chi connectivity index (χ3n) is 5.54. The molecular weight excluding hydrogens is 498 g/mol. The molecule has 0 spiro atoms. The van der Waals surface area contributed by atoms with Crippen LogP contribution in [0.2, 0.25) is 0 Å². The van der Waals surface area contributed by atoms with Gasteiger partial charge >= 0.3 is 13.7 Å². The average Bonchev–Trinajstić information content (AvgIpc) is 3.05. The van der Waals surface area contributed by atoms with Gasteiger partial charge in [0.05, 0.1) is 19.6 Å². The van der Waals surface area contributed by atoms with E-state index in [0.717, 1.165) is 24.1 Å². The van der Waals surface area contributed by atoms with Crippen LogP contribution in [0, 0.1) is 0 Å². The van der Waals surface area contributed by atoms with Crippen LogP contribution in [0.5, 0.6) is 5.75 Å². The Hall–Kier alpha value is -2.63. The van der Waals surface area contributed by atoms with Crippen molar-refractivity contribution in [2.24, 2.45) is 0 Å². The number of amides is 1. The number of alkyl halides is 1. The number of ketones is 1. The van der Waals surface area contributed by atoms with Crippen molar-refractivity contribution in [1.29, 1.82) is 0 Å². The van der Waals surface area contributed by atoms with Gasteiger partial charge < -0.3 is 19.1 Å². The first-order valence-corrected chi connectivity index (χ1v) is 13.0. The quantitative estimate of drug-likeness (QED) is 0.250. The summed E-state index contributed by atoms with van der Waals surface area (Å²) in [5, 5.41) is 13.1. The summed E-state index contributed by atoms with van der Waals surface area (Å²) in [5.41, 5.74) is -2.44. The minimum Gasteiger partial charge on any atom is -0.465 e. The zero-order valence-electron chi connectivity index (χ0n) is 20.2. The van der Waals surface area contributed by atoms with Gasteiger partial charge in [0.25, 0.3) is 0 Å². The molecule has 1 amide bonds. The van der Waals surface area contributed by atoms with Crippen LogP contribution in [-0.2, 0) is 32.9 Å². The van der Waals surface area contributed by atoms with Gasteiger partial charge in [0.1, 0.15) is 24.0 Å². The number of ether oxygens (including phenoxy) is 2. The summed E-state index contributed by atoms with van der Waals surface area (Å²) in [5.74, 6) is -1.65. The molecule has 3 rings (SSSR count). The lowest BCUT2D eigenvalue weighted by molar-refractivity contribution is -0.150. The first-order valence-electron chi connectivity index (χ1n) is 11.4. The second-order valence-corrected chi connectivity index (χ2v) is 10.3. The van der Waals surface area contributed by atoms with E-state index in [4.69, 9.17) is 18.5 Å². The zero-order chi connectivity index (χ0) is 26.5. The van der Waals surface area contributed by atoms with Crippen LogP contribution in [0.4, 0.5) is 4.39 Å². The number of aliphatic hydroxyl groups excluding tert-OH is 1. The molecule has 6 atom stereocenters. The fraction of sp³-hybridized carbons (Fsp3) is 0.522. The molecule has 0 bridgehead atoms. The fourth-order valence-electron chi connectivity index (χ4n) is 3.60. The summed E-state index contributed by atoms with van der Waals surface area (Å²) in [7, 11) is -4.28. The SMILES string of the molecule is CCCOC(=O)[C@H](C)N[P@@](=O)(OC[C@H]1O[C@@H](N2C=CC(=O)CC2=O)[C@](C)(F)[C@@H]1O)Oc1ccccc1. The maximum atomic E-state index is 15.5. The highest BCUT2D eigenvalue weighted by Crippen LogP contribution is 2.46. The number of halogens is 1. The molecule has 0 unspecified atom stereocenters. The van der Waals surface area contributed by atoms with E-state index in [1.54, 1.807) is 18.2 Å². The molecule has 0 aromatic heterocycles. The van der Waals surface area contributed by atoms with E-state index in [0.29, 0.717) is 6.42 Å². The van der Waals surface area contributed by atoms with Gasteiger partial charge in [-0.05, 0) is 38.5 Å². The minimum absolute atomic E-state index is 0.164. The molecule has 1 aromatic rings. The Bertz CT molecular complexity index is 1040. The highest BCUT2D eigenvalue weighted by atomic mass is 31.2. The molecule has 198 valence electrons. The number of nitrogens with zero attached hydrogens (tertiary/aromatic N) is 1. The lowest BCUT2D eigenvalue weighted by Gasteiger charge is -2.32. The molecule has 2 aliphatic rings. The van der Waals surface area contributed by atoms with Gasteiger partial charge in [-0.25, -0.2) is 8.96 Å². The molecule has 1 aromatic carbocycles. The second kappa shape index (κ2) is 11.6. The van der Waals surface area contributed by atoms with E-state index < -0.39 is 68.6 Å². The molecule has 0 aliphatic carbocycles. The normalized spacial score (nSPS) is 28.6. The number of hydrogen-bond donors (Lipinski definition) is 2. The van der Waals surface area contributed by atoms with Crippen LogP contribution in [-0.4, -0.2) is 71.0 Å². The van der Waals surface area contributed by atoms with Crippen molar-refractivity contribution >= 4 is 25.4 Å². The summed E-state index contributed by atoms with van der Waals surface area (Å²) in [4.78, 5) is 36.8. The van der Waals surface area contributed by atoms with Gasteiger partial charge in [-0.1, -0.05) is 25.1 Å². The van der Waals surface area contributed by atoms with Crippen LogP contribution in [0.25, 0.3) is 0 Å². The number of aliphatic hydroxyl groups is 1. The molecule has 0 radical (unpaired) electrons. The highest BCUT2D eigenvalue weighted by molar-refractivity contribution is 7.52. The summed E-state index contributed by atoms with van der Waals surface area (Å²) in [6.07, 6.45) is -2.35. The number of carbonyl (C=O) groups is 3. The maximum absolute atomic E-state index is 15.5. The topological polar surface area (TPSA) is 141 Å². The lowest BCUT2D eigenvalue weighted by Crippen LogP contribution is -2.51. The van der Waals surface area contributed by atoms with Crippen molar-refractivity contribution in [3.63, 3.8) is 0 Å². The van der Waals surface area contributed by atoms with Crippen LogP contribution in [0.15, 0.2) is 42.6 Å². The zero-order valence-corrected chi connectivity index (χ0v) is 21.1. The second-order valence-electron chi connectivity index (χ2n) is 8.60. The first-order chi connectivity index (χ1) is 17.0. The van der Waals surface area contributed by atoms with E-state index in [1.807, 2.05) is 6.92 Å². The third-order valence-corrected chi connectivity index (χ3v) is 7.18. The number of rotatable bonds is 11. The van der Waals surface area contributed by atoms with Crippen molar-refractivity contribution in [2.75, 3.05) is 13.2 Å². The van der Waals surface area contributed by atoms with Crippen molar-refractivity contribution < 1.29 is 47.0 Å². The smallest absolute Gasteiger partial charge is 0.459 e. The number of benzene rings is 1. The maximum Gasteiger partial charge on any atom is 0.459 e. The van der Waals surface area contributed by atoms with E-state index >= 15 is 4.39 Å². The molecule has 1 fully saturated rings. The van der Waals surface area contributed by atoms with Gasteiger partial charge in [-0.15, -0.1) is 0 Å². The molecular formula is C23H30FN2O9P. The summed E-state index contributed by atoms with van der Waals surface area (Å²) in [6, 6.07) is 6.93. The summed E-state index contributed by atoms with van der Waals surface area (Å²) < 4.78 is 50.6. The number of esters is 1. The summed E-state index contributed by atoms with van der Waals surface area (Å²) >= 11 is 0. The predicted octanol–water partition coefficient (Wildman–Crippen LogP) is 2.25. The predicted molar refractivity (Wildman–Crippen MR) is 124 cm³/mol. The largest absolute Gasteiger partial charge is 0.465 e. The van der Waals surface area contributed by atoms with Crippen molar-refractivity contribution in [1.82, 2.24) is 9.99 Å². The van der Waals surface area contributed by atoms with Gasteiger partial charge in [0.2, 0.25) is 5.91 Å². The molecule has 2 aliphatic heterocycles. The molecule has 0 saturated carbocycles. The number of carbonyl (C=O) groups excluding carboxylic acids is 3. The lowest BCUT2D eigenvalue weighted by atomic mass is 9.97. The first kappa shape index (κ1) is 27.9. The Morgan fingerprint density at radius 3 is 2.69 bits per heavy atom. The highest BCUT2D eigenvalue weighted by Gasteiger charge is 2.57. The standard InChI is InChI=1S/C23H30FN2O9P/c1-4-12-32-21(30)15(2)25-36(31,35-17-8-6-5-7-9-17)33-14-18-20(29)23(3,24)22(34-18)26-11-10-16(27)13-19(26)28/h5-11,15,18,20,22,29H,4,12-14H2,1-3H3,(H,25,31)/t15-,18+,20+,22+,23+,36+/m0/s1. The van der Waals surface area contributed by atoms with Crippen LogP contribution < -0.4 is 9.61 Å². The Morgan fingerprint density at radius 2 is 2.06 bits per heavy atom. The van der Waals surface area contributed by atoms with Gasteiger partial charge in [0.15, 0.2) is 17.7 Å². The number of allylic oxidation sites excluding steroid dienone is 1. The van der Waals surface area contributed by atoms with Gasteiger partial charge in [0, 0.05) is 6.20 Å². The fourth-order valence-corrected chi connectivity index (χ4v) is 5.11. The molecule has 2 N–H and O–H groups in total. The van der Waals surface area contributed by atoms with Crippen molar-refractivity contribution in [3.8, 4) is 5.75 Å². The Kier molecular flexibility index (Phi) is 9.02. The Balaban J connectivity index is 1.75. The molecule has 1 saturated heterocycles. The van der Waals surface area contributed by atoms with Crippen molar-refractivity contribution in [3.05, 3.63) is 42.6 Å². The molecule has 36 heavy (non-hydrogen) atoms. The molecule has 11 nitrogen and oxygen atoms in total. The van der Waals surface area contributed by atoms with Crippen LogP contribution in [0.3, 0.4) is 0 Å². The van der Waals surface area contributed by atoms with E-state index in [1.165, 1.54) is 19.1 Å². The monoisotopic (exact) mass is 528 g/mol. The van der Waals surface area contributed by atoms with E-state index in [9.17, 15) is 24.1 Å². The van der Waals surface area contributed by atoms with E-state index in [2.05, 4.69) is 5.09 Å². The van der Waals surface area contributed by atoms with Crippen molar-refractivity contribution in [2.45, 2.75) is 63.8 Å². The third kappa shape index (κ3) is 6.57. The molecule has 13 heteroatoms. The van der Waals surface area contributed by atoms with Gasteiger partial charge in [-0.3, -0.25) is 23.8 Å². The van der Waals surface area contributed by atoms with E-state index in [-0.39, 0.29) is 12.4 Å².